The van der Waals surface area contributed by atoms with Crippen molar-refractivity contribution >= 4 is 80.7 Å². The minimum Gasteiger partial charge on any atom is -0.481 e. The van der Waals surface area contributed by atoms with E-state index in [0.717, 1.165) is 48.8 Å². The number of amides is 2. The van der Waals surface area contributed by atoms with Gasteiger partial charge in [0.1, 0.15) is 24.5 Å². The number of piperidine rings is 2. The van der Waals surface area contributed by atoms with Crippen molar-refractivity contribution in [2.75, 3.05) is 63.1 Å². The minimum absolute atomic E-state index is 0.0422. The van der Waals surface area contributed by atoms with E-state index in [0.29, 0.717) is 103 Å². The van der Waals surface area contributed by atoms with Crippen LogP contribution in [0.2, 0.25) is 10.0 Å². The molecule has 6 aromatic heterocycles. The highest BCUT2D eigenvalue weighted by Crippen LogP contribution is 2.34. The second-order valence-corrected chi connectivity index (χ2v) is 18.0. The van der Waals surface area contributed by atoms with Crippen LogP contribution in [0.15, 0.2) is 49.3 Å². The van der Waals surface area contributed by atoms with Gasteiger partial charge in [0.2, 0.25) is 11.8 Å². The topological polar surface area (TPSA) is 257 Å². The highest BCUT2D eigenvalue weighted by Gasteiger charge is 2.37. The minimum atomic E-state index is -1.12. The van der Waals surface area contributed by atoms with Gasteiger partial charge in [-0.2, -0.15) is 0 Å². The van der Waals surface area contributed by atoms with Gasteiger partial charge in [0.25, 0.3) is 0 Å². The predicted molar refractivity (Wildman–Crippen MR) is 247 cm³/mol. The van der Waals surface area contributed by atoms with E-state index in [-0.39, 0.29) is 47.8 Å². The van der Waals surface area contributed by atoms with Crippen molar-refractivity contribution in [3.05, 3.63) is 71.0 Å². The number of hydrogen-bond acceptors (Lipinski definition) is 13. The van der Waals surface area contributed by atoms with Crippen molar-refractivity contribution in [1.82, 2.24) is 49.7 Å². The standard InChI is InChI=1S/C24H26ClFN6O3.C21H22ClFN6O4/c25-16-7-17-18(10-29-20(17)28-9-16)21-30-11-19(26)22(31-21)27-8-13-2-1-5-32(12-13)23(33)14-3-4-15(6-14)24(34)35;22-13-4-14-15(7-26-19(14)25-6-13)20-27-8-16(23)21(28-20)24-5-12-2-1-3-29(9-12)17(30)10-33-11-18(31)32/h7,9-11,13-15H,1-6,8,12H2,(H,28,29)(H,34,35)(H,27,30,31);4,6-8,12H,1-3,5,9-11H2,(H,25,26)(H,31,32)(H,24,27,28)/t13?,14?,15-;/m0./s1. The molecule has 3 fully saturated rings. The summed E-state index contributed by atoms with van der Waals surface area (Å²) in [5.41, 5.74) is 2.58. The molecule has 2 amide bonds. The van der Waals surface area contributed by atoms with Gasteiger partial charge in [-0.15, -0.1) is 0 Å². The Kier molecular flexibility index (Phi) is 15.2. The van der Waals surface area contributed by atoms with Crippen LogP contribution < -0.4 is 10.6 Å². The molecule has 6 aromatic rings. The SMILES string of the molecule is O=C(O)COCC(=O)N1CCCC(CNc2nc(-c3c[nH]c4ncc(Cl)cc34)ncc2F)C1.O=C(O)[C@H]1CCC(C(=O)N2CCCC(CNc3nc(-c4c[nH]c5ncc(Cl)cc45)ncc3F)C2)C1. The molecule has 2 saturated heterocycles. The lowest BCUT2D eigenvalue weighted by molar-refractivity contribution is -0.147. The van der Waals surface area contributed by atoms with Crippen molar-refractivity contribution in [3.63, 3.8) is 0 Å². The fourth-order valence-corrected chi connectivity index (χ4v) is 9.26. The van der Waals surface area contributed by atoms with Gasteiger partial charge >= 0.3 is 11.9 Å². The number of anilines is 2. The molecule has 358 valence electrons. The average Bonchev–Trinajstić information content (AvgIpc) is 4.11. The number of aromatic amines is 2. The first-order valence-corrected chi connectivity index (χ1v) is 22.9. The number of aliphatic carboxylic acids is 2. The van der Waals surface area contributed by atoms with Gasteiger partial charge in [-0.25, -0.2) is 43.5 Å². The van der Waals surface area contributed by atoms with Crippen LogP contribution in [0, 0.1) is 35.3 Å². The summed E-state index contributed by atoms with van der Waals surface area (Å²) < 4.78 is 33.8. The lowest BCUT2D eigenvalue weighted by atomic mass is 9.95. The summed E-state index contributed by atoms with van der Waals surface area (Å²) in [5, 5.41) is 26.4. The first-order valence-electron chi connectivity index (χ1n) is 22.2. The summed E-state index contributed by atoms with van der Waals surface area (Å²) in [6.45, 7) is 2.36. The maximum Gasteiger partial charge on any atom is 0.329 e. The molecule has 68 heavy (non-hydrogen) atoms. The van der Waals surface area contributed by atoms with Crippen LogP contribution in [-0.2, 0) is 23.9 Å². The molecular formula is C45H48Cl2F2N12O7. The fraction of sp³-hybridized carbons (Fsp3) is 0.422. The van der Waals surface area contributed by atoms with Crippen LogP contribution >= 0.6 is 23.2 Å². The van der Waals surface area contributed by atoms with Gasteiger partial charge in [0.15, 0.2) is 34.9 Å². The maximum absolute atomic E-state index is 14.5. The number of fused-ring (bicyclic) bond motifs is 2. The monoisotopic (exact) mass is 976 g/mol. The Balaban J connectivity index is 0.000000184. The van der Waals surface area contributed by atoms with Crippen LogP contribution in [0.5, 0.6) is 0 Å². The average molecular weight is 978 g/mol. The summed E-state index contributed by atoms with van der Waals surface area (Å²) >= 11 is 12.1. The number of ether oxygens (including phenoxy) is 1. The normalized spacial score (nSPS) is 19.4. The van der Waals surface area contributed by atoms with Gasteiger partial charge < -0.3 is 45.4 Å². The quantitative estimate of drug-likeness (QED) is 0.0679. The molecular weight excluding hydrogens is 929 g/mol. The molecule has 1 aliphatic carbocycles. The summed E-state index contributed by atoms with van der Waals surface area (Å²) in [6.07, 6.45) is 13.7. The van der Waals surface area contributed by atoms with Gasteiger partial charge in [-0.1, -0.05) is 23.2 Å². The number of aromatic nitrogens is 8. The number of carboxylic acids is 2. The Morgan fingerprint density at radius 1 is 0.706 bits per heavy atom. The van der Waals surface area contributed by atoms with Gasteiger partial charge in [0.05, 0.1) is 28.4 Å². The number of pyridine rings is 2. The van der Waals surface area contributed by atoms with Crippen molar-refractivity contribution in [2.24, 2.45) is 23.7 Å². The van der Waals surface area contributed by atoms with Crippen LogP contribution in [0.3, 0.4) is 0 Å². The summed E-state index contributed by atoms with van der Waals surface area (Å²) in [7, 11) is 0. The van der Waals surface area contributed by atoms with Crippen molar-refractivity contribution in [2.45, 2.75) is 44.9 Å². The van der Waals surface area contributed by atoms with E-state index in [1.54, 1.807) is 29.4 Å². The Morgan fingerprint density at radius 3 is 1.74 bits per heavy atom. The zero-order valence-corrected chi connectivity index (χ0v) is 38.1. The smallest absolute Gasteiger partial charge is 0.329 e. The molecule has 0 radical (unpaired) electrons. The Hall–Kier alpha value is -6.58. The maximum atomic E-state index is 14.5. The number of hydrogen-bond donors (Lipinski definition) is 6. The summed E-state index contributed by atoms with van der Waals surface area (Å²) in [4.78, 5) is 82.0. The molecule has 0 bridgehead atoms. The van der Waals surface area contributed by atoms with Gasteiger partial charge in [0, 0.05) is 91.9 Å². The van der Waals surface area contributed by atoms with Crippen molar-refractivity contribution in [3.8, 4) is 22.8 Å². The van der Waals surface area contributed by atoms with Gasteiger partial charge in [-0.05, 0) is 68.9 Å². The highest BCUT2D eigenvalue weighted by molar-refractivity contribution is 6.31. The molecule has 0 spiro atoms. The second-order valence-electron chi connectivity index (χ2n) is 17.1. The van der Waals surface area contributed by atoms with E-state index in [9.17, 15) is 33.1 Å². The molecule has 3 aliphatic rings. The third kappa shape index (κ3) is 11.6. The number of halogens is 4. The van der Waals surface area contributed by atoms with E-state index in [1.807, 2.05) is 4.90 Å². The highest BCUT2D eigenvalue weighted by atomic mass is 35.5. The Labute approximate surface area is 397 Å². The summed E-state index contributed by atoms with van der Waals surface area (Å²) in [6, 6.07) is 3.50. The molecule has 2 aliphatic heterocycles. The van der Waals surface area contributed by atoms with E-state index < -0.39 is 36.1 Å². The van der Waals surface area contributed by atoms with Crippen LogP contribution in [-0.4, -0.2) is 136 Å². The largest absolute Gasteiger partial charge is 0.481 e. The van der Waals surface area contributed by atoms with Crippen LogP contribution in [0.1, 0.15) is 44.9 Å². The number of carbonyl (C=O) groups excluding carboxylic acids is 2. The molecule has 4 atom stereocenters. The zero-order valence-electron chi connectivity index (χ0n) is 36.6. The fourth-order valence-electron chi connectivity index (χ4n) is 8.94. The number of H-pyrrole nitrogens is 2. The first-order chi connectivity index (χ1) is 32.8. The molecule has 8 heterocycles. The van der Waals surface area contributed by atoms with Crippen molar-refractivity contribution < 1.29 is 42.9 Å². The molecule has 1 saturated carbocycles. The number of nitrogens with zero attached hydrogens (tertiary/aromatic N) is 8. The molecule has 0 aromatic carbocycles. The zero-order chi connectivity index (χ0) is 47.9. The molecule has 9 rings (SSSR count). The van der Waals surface area contributed by atoms with E-state index in [1.165, 1.54) is 12.4 Å². The molecule has 23 heteroatoms. The number of carboxylic acid groups (broad SMARTS) is 2. The molecule has 3 unspecified atom stereocenters. The number of carbonyl (C=O) groups is 4. The lowest BCUT2D eigenvalue weighted by Crippen LogP contribution is -2.44. The third-order valence-electron chi connectivity index (χ3n) is 12.4. The van der Waals surface area contributed by atoms with E-state index in [2.05, 4.69) is 50.5 Å². The number of nitrogens with one attached hydrogen (secondary N) is 4. The third-order valence-corrected chi connectivity index (χ3v) is 12.8. The number of likely N-dealkylation sites (tertiary alicyclic amines) is 2. The van der Waals surface area contributed by atoms with E-state index >= 15 is 0 Å². The lowest BCUT2D eigenvalue weighted by Gasteiger charge is -2.34. The molecule has 6 N–H and O–H groups in total. The second kappa shape index (κ2) is 21.6. The Bertz CT molecular complexity index is 2820. The molecule has 19 nitrogen and oxygen atoms in total. The Morgan fingerprint density at radius 2 is 1.22 bits per heavy atom. The van der Waals surface area contributed by atoms with E-state index in [4.69, 9.17) is 33.0 Å². The van der Waals surface area contributed by atoms with Crippen molar-refractivity contribution in [1.29, 1.82) is 0 Å². The predicted octanol–water partition coefficient (Wildman–Crippen LogP) is 6.53. The number of rotatable bonds is 14. The van der Waals surface area contributed by atoms with Crippen LogP contribution in [0.25, 0.3) is 44.8 Å². The van der Waals surface area contributed by atoms with Gasteiger partial charge in [-0.3, -0.25) is 14.4 Å². The first kappa shape index (κ1) is 47.9. The van der Waals surface area contributed by atoms with Crippen LogP contribution in [0.4, 0.5) is 20.4 Å². The summed E-state index contributed by atoms with van der Waals surface area (Å²) in [5.74, 6) is -2.89.